The first-order chi connectivity index (χ1) is 15.2. The van der Waals surface area contributed by atoms with Crippen molar-refractivity contribution in [2.24, 2.45) is 0 Å². The Balaban J connectivity index is 1.38. The highest BCUT2D eigenvalue weighted by atomic mass is 35.5. The average molecular weight is 460 g/mol. The van der Waals surface area contributed by atoms with Crippen molar-refractivity contribution in [1.29, 1.82) is 0 Å². The van der Waals surface area contributed by atoms with Crippen LogP contribution in [-0.2, 0) is 19.1 Å². The highest BCUT2D eigenvalue weighted by Crippen LogP contribution is 2.30. The first-order valence-electron chi connectivity index (χ1n) is 10.0. The maximum Gasteiger partial charge on any atom is 0.350 e. The molecule has 2 fully saturated rings. The molecule has 32 heavy (non-hydrogen) atoms. The number of hydrogen-bond donors (Lipinski definition) is 1. The molecule has 0 atom stereocenters. The number of carbonyl (C=O) groups excluding carboxylic acids is 3. The zero-order valence-corrected chi connectivity index (χ0v) is 18.3. The minimum atomic E-state index is -1.29. The summed E-state index contributed by atoms with van der Waals surface area (Å²) in [7, 11) is 0. The summed E-state index contributed by atoms with van der Waals surface area (Å²) < 4.78 is 15.3. The summed E-state index contributed by atoms with van der Waals surface area (Å²) in [5.74, 6) is -2.61. The Morgan fingerprint density at radius 1 is 1.09 bits per heavy atom. The lowest BCUT2D eigenvalue weighted by Gasteiger charge is -2.36. The van der Waals surface area contributed by atoms with Crippen molar-refractivity contribution >= 4 is 40.8 Å². The number of nitrogens with zero attached hydrogens (tertiary/aromatic N) is 2. The SMILES string of the molecule is CC1(C)OC(=O)C(=CNc2ccc(N3CCN(C(=O)c4ccco4)CC3)c(Cl)c2)C(=O)O1. The van der Waals surface area contributed by atoms with Gasteiger partial charge in [-0.1, -0.05) is 11.6 Å². The lowest BCUT2D eigenvalue weighted by Crippen LogP contribution is -2.48. The highest BCUT2D eigenvalue weighted by molar-refractivity contribution is 6.33. The summed E-state index contributed by atoms with van der Waals surface area (Å²) in [5, 5.41) is 3.38. The Morgan fingerprint density at radius 3 is 2.38 bits per heavy atom. The summed E-state index contributed by atoms with van der Waals surface area (Å²) >= 11 is 6.48. The van der Waals surface area contributed by atoms with E-state index in [9.17, 15) is 14.4 Å². The van der Waals surface area contributed by atoms with Crippen LogP contribution in [0.3, 0.4) is 0 Å². The van der Waals surface area contributed by atoms with Crippen LogP contribution in [0.2, 0.25) is 5.02 Å². The van der Waals surface area contributed by atoms with Crippen LogP contribution in [0.15, 0.2) is 52.8 Å². The number of cyclic esters (lactones) is 2. The molecular formula is C22H22ClN3O6. The number of ether oxygens (including phenoxy) is 2. The van der Waals surface area contributed by atoms with Crippen LogP contribution >= 0.6 is 11.6 Å². The summed E-state index contributed by atoms with van der Waals surface area (Å²) in [6, 6.07) is 8.66. The van der Waals surface area contributed by atoms with E-state index in [4.69, 9.17) is 25.5 Å². The van der Waals surface area contributed by atoms with E-state index in [1.165, 1.54) is 26.3 Å². The number of carbonyl (C=O) groups is 3. The molecule has 1 aromatic heterocycles. The molecule has 0 aliphatic carbocycles. The number of piperazine rings is 1. The van der Waals surface area contributed by atoms with Gasteiger partial charge in [0.15, 0.2) is 11.3 Å². The predicted octanol–water partition coefficient (Wildman–Crippen LogP) is 3.03. The second-order valence-electron chi connectivity index (χ2n) is 7.80. The van der Waals surface area contributed by atoms with Gasteiger partial charge < -0.3 is 29.0 Å². The second kappa shape index (κ2) is 8.58. The Labute approximate surface area is 189 Å². The number of benzene rings is 1. The number of rotatable bonds is 4. The van der Waals surface area contributed by atoms with Gasteiger partial charge in [0, 0.05) is 51.9 Å². The van der Waals surface area contributed by atoms with E-state index in [1.54, 1.807) is 29.2 Å². The zero-order valence-electron chi connectivity index (χ0n) is 17.6. The van der Waals surface area contributed by atoms with Gasteiger partial charge in [-0.15, -0.1) is 0 Å². The number of halogens is 1. The van der Waals surface area contributed by atoms with Crippen LogP contribution in [0.1, 0.15) is 24.4 Å². The summed E-state index contributed by atoms with van der Waals surface area (Å²) in [4.78, 5) is 40.3. The van der Waals surface area contributed by atoms with E-state index in [1.807, 2.05) is 6.07 Å². The van der Waals surface area contributed by atoms with Gasteiger partial charge in [0.25, 0.3) is 11.7 Å². The first kappa shape index (κ1) is 21.8. The maximum atomic E-state index is 12.4. The molecule has 3 heterocycles. The van der Waals surface area contributed by atoms with E-state index >= 15 is 0 Å². The largest absolute Gasteiger partial charge is 0.459 e. The second-order valence-corrected chi connectivity index (χ2v) is 8.21. The number of anilines is 2. The Hall–Kier alpha value is -3.46. The van der Waals surface area contributed by atoms with Gasteiger partial charge in [-0.3, -0.25) is 4.79 Å². The fourth-order valence-corrected chi connectivity index (χ4v) is 3.79. The predicted molar refractivity (Wildman–Crippen MR) is 116 cm³/mol. The number of amides is 1. The van der Waals surface area contributed by atoms with E-state index in [0.29, 0.717) is 42.6 Å². The minimum absolute atomic E-state index is 0.128. The third kappa shape index (κ3) is 4.57. The van der Waals surface area contributed by atoms with E-state index in [0.717, 1.165) is 5.69 Å². The van der Waals surface area contributed by atoms with E-state index in [-0.39, 0.29) is 11.5 Å². The molecule has 2 aliphatic rings. The molecule has 10 heteroatoms. The number of nitrogens with one attached hydrogen (secondary N) is 1. The van der Waals surface area contributed by atoms with Crippen LogP contribution in [-0.4, -0.2) is 54.7 Å². The Bertz CT molecular complexity index is 1050. The third-order valence-corrected chi connectivity index (χ3v) is 5.39. The van der Waals surface area contributed by atoms with Crippen molar-refractivity contribution in [2.75, 3.05) is 36.4 Å². The number of hydrogen-bond acceptors (Lipinski definition) is 8. The summed E-state index contributed by atoms with van der Waals surface area (Å²) in [6.45, 7) is 5.30. The molecule has 9 nitrogen and oxygen atoms in total. The molecule has 1 N–H and O–H groups in total. The van der Waals surface area contributed by atoms with Crippen molar-refractivity contribution in [3.8, 4) is 0 Å². The van der Waals surface area contributed by atoms with Gasteiger partial charge >= 0.3 is 11.9 Å². The van der Waals surface area contributed by atoms with Crippen LogP contribution < -0.4 is 10.2 Å². The molecule has 2 aliphatic heterocycles. The lowest BCUT2D eigenvalue weighted by atomic mass is 10.2. The van der Waals surface area contributed by atoms with Crippen molar-refractivity contribution in [3.05, 3.63) is 59.2 Å². The molecule has 0 bridgehead atoms. The molecule has 0 saturated carbocycles. The topological polar surface area (TPSA) is 101 Å². The van der Waals surface area contributed by atoms with Crippen molar-refractivity contribution in [1.82, 2.24) is 4.90 Å². The van der Waals surface area contributed by atoms with Gasteiger partial charge in [-0.2, -0.15) is 0 Å². The average Bonchev–Trinajstić information content (AvgIpc) is 3.27. The van der Waals surface area contributed by atoms with E-state index < -0.39 is 17.7 Å². The molecule has 1 amide bonds. The monoisotopic (exact) mass is 459 g/mol. The minimum Gasteiger partial charge on any atom is -0.459 e. The maximum absolute atomic E-state index is 12.4. The summed E-state index contributed by atoms with van der Waals surface area (Å²) in [6.07, 6.45) is 2.72. The normalized spacial score (nSPS) is 18.2. The Morgan fingerprint density at radius 2 is 1.78 bits per heavy atom. The van der Waals surface area contributed by atoms with Crippen LogP contribution in [0, 0.1) is 0 Å². The van der Waals surface area contributed by atoms with Gasteiger partial charge in [0.2, 0.25) is 0 Å². The van der Waals surface area contributed by atoms with Gasteiger partial charge in [-0.25, -0.2) is 9.59 Å². The van der Waals surface area contributed by atoms with Crippen LogP contribution in [0.25, 0.3) is 0 Å². The molecule has 1 aromatic carbocycles. The van der Waals surface area contributed by atoms with Crippen molar-refractivity contribution in [3.63, 3.8) is 0 Å². The highest BCUT2D eigenvalue weighted by Gasteiger charge is 2.39. The van der Waals surface area contributed by atoms with Crippen molar-refractivity contribution < 1.29 is 28.3 Å². The van der Waals surface area contributed by atoms with Crippen LogP contribution in [0.4, 0.5) is 11.4 Å². The van der Waals surface area contributed by atoms with Gasteiger partial charge in [0.05, 0.1) is 17.0 Å². The zero-order chi connectivity index (χ0) is 22.9. The molecule has 0 unspecified atom stereocenters. The Kier molecular flexibility index (Phi) is 5.84. The number of esters is 2. The molecular weight excluding hydrogens is 438 g/mol. The standard InChI is InChI=1S/C22H22ClN3O6/c1-22(2)31-20(28)15(21(29)32-22)13-24-14-5-6-17(16(23)12-14)25-7-9-26(10-8-25)19(27)18-4-3-11-30-18/h3-6,11-13,24H,7-10H2,1-2H3. The van der Waals surface area contributed by atoms with E-state index in [2.05, 4.69) is 10.2 Å². The molecule has 0 spiro atoms. The van der Waals surface area contributed by atoms with Gasteiger partial charge in [-0.05, 0) is 30.3 Å². The lowest BCUT2D eigenvalue weighted by molar-refractivity contribution is -0.222. The fourth-order valence-electron chi connectivity index (χ4n) is 3.49. The molecule has 168 valence electrons. The molecule has 2 aromatic rings. The molecule has 2 saturated heterocycles. The summed E-state index contributed by atoms with van der Waals surface area (Å²) in [5.41, 5.74) is 1.18. The number of furan rings is 1. The quantitative estimate of drug-likeness (QED) is 0.423. The first-order valence-corrected chi connectivity index (χ1v) is 10.4. The van der Waals surface area contributed by atoms with Gasteiger partial charge in [0.1, 0.15) is 0 Å². The fraction of sp³-hybridized carbons (Fsp3) is 0.318. The van der Waals surface area contributed by atoms with Crippen molar-refractivity contribution in [2.45, 2.75) is 19.6 Å². The third-order valence-electron chi connectivity index (χ3n) is 5.09. The smallest absolute Gasteiger partial charge is 0.350 e. The molecule has 0 radical (unpaired) electrons. The molecule has 4 rings (SSSR count). The van der Waals surface area contributed by atoms with Crippen LogP contribution in [0.5, 0.6) is 0 Å².